The van der Waals surface area contributed by atoms with Crippen molar-refractivity contribution < 1.29 is 9.59 Å². The van der Waals surface area contributed by atoms with Crippen LogP contribution in [0.1, 0.15) is 26.3 Å². The summed E-state index contributed by atoms with van der Waals surface area (Å²) in [6, 6.07) is 14.5. The van der Waals surface area contributed by atoms with E-state index in [9.17, 15) is 9.59 Å². The Bertz CT molecular complexity index is 744. The van der Waals surface area contributed by atoms with E-state index in [-0.39, 0.29) is 24.2 Å². The van der Waals surface area contributed by atoms with Gasteiger partial charge in [-0.3, -0.25) is 9.59 Å². The number of halogens is 1. The maximum Gasteiger partial charge on any atom is 0.255 e. The molecular weight excluding hydrogens is 338 g/mol. The van der Waals surface area contributed by atoms with Crippen molar-refractivity contribution in [3.63, 3.8) is 0 Å². The third-order valence-corrected chi connectivity index (χ3v) is 4.17. The first-order valence-electron chi connectivity index (χ1n) is 8.12. The standard InChI is InChI=1S/C19H21N3O2.ClH/c1-14-7-8-16(19(24)22-11-9-20-10-12-22)13-17(14)21-18(23)15-5-3-2-4-6-15;/h2-8,13,20H,9-12H2,1H3,(H,21,23);1H. The normalized spacial score (nSPS) is 13.7. The number of piperazine rings is 1. The van der Waals surface area contributed by atoms with Gasteiger partial charge < -0.3 is 15.5 Å². The lowest BCUT2D eigenvalue weighted by molar-refractivity contribution is 0.0735. The summed E-state index contributed by atoms with van der Waals surface area (Å²) in [6.07, 6.45) is 0. The second-order valence-corrected chi connectivity index (χ2v) is 5.89. The van der Waals surface area contributed by atoms with Crippen LogP contribution >= 0.6 is 12.4 Å². The lowest BCUT2D eigenvalue weighted by Gasteiger charge is -2.27. The highest BCUT2D eigenvalue weighted by Gasteiger charge is 2.19. The van der Waals surface area contributed by atoms with Crippen LogP contribution in [-0.4, -0.2) is 42.9 Å². The number of amides is 2. The highest BCUT2D eigenvalue weighted by atomic mass is 35.5. The predicted molar refractivity (Wildman–Crippen MR) is 102 cm³/mol. The van der Waals surface area contributed by atoms with E-state index in [1.165, 1.54) is 0 Å². The van der Waals surface area contributed by atoms with Gasteiger partial charge in [-0.25, -0.2) is 0 Å². The Morgan fingerprint density at radius 2 is 1.68 bits per heavy atom. The number of hydrogen-bond donors (Lipinski definition) is 2. The van der Waals surface area contributed by atoms with Crippen molar-refractivity contribution in [3.05, 3.63) is 65.2 Å². The third-order valence-electron chi connectivity index (χ3n) is 4.17. The number of nitrogens with zero attached hydrogens (tertiary/aromatic N) is 1. The molecule has 2 amide bonds. The fourth-order valence-corrected chi connectivity index (χ4v) is 2.72. The molecule has 0 saturated carbocycles. The van der Waals surface area contributed by atoms with Crippen molar-refractivity contribution in [2.75, 3.05) is 31.5 Å². The monoisotopic (exact) mass is 359 g/mol. The minimum atomic E-state index is -0.175. The maximum absolute atomic E-state index is 12.6. The second kappa shape index (κ2) is 8.65. The molecular formula is C19H22ClN3O2. The first kappa shape index (κ1) is 19.0. The molecule has 25 heavy (non-hydrogen) atoms. The average Bonchev–Trinajstić information content (AvgIpc) is 2.64. The van der Waals surface area contributed by atoms with Crippen LogP contribution in [0.15, 0.2) is 48.5 Å². The Kier molecular flexibility index (Phi) is 6.56. The first-order chi connectivity index (χ1) is 11.6. The van der Waals surface area contributed by atoms with Crippen molar-refractivity contribution in [2.45, 2.75) is 6.92 Å². The molecule has 2 N–H and O–H groups in total. The summed E-state index contributed by atoms with van der Waals surface area (Å²) in [4.78, 5) is 26.8. The van der Waals surface area contributed by atoms with Gasteiger partial charge >= 0.3 is 0 Å². The van der Waals surface area contributed by atoms with Crippen molar-refractivity contribution in [3.8, 4) is 0 Å². The summed E-state index contributed by atoms with van der Waals surface area (Å²) < 4.78 is 0. The van der Waals surface area contributed by atoms with Crippen LogP contribution in [0.3, 0.4) is 0 Å². The van der Waals surface area contributed by atoms with Gasteiger partial charge in [-0.2, -0.15) is 0 Å². The molecule has 0 radical (unpaired) electrons. The summed E-state index contributed by atoms with van der Waals surface area (Å²) in [5.74, 6) is -0.169. The van der Waals surface area contributed by atoms with Gasteiger partial charge in [-0.05, 0) is 36.8 Å². The van der Waals surface area contributed by atoms with Gasteiger partial charge in [0.1, 0.15) is 0 Å². The smallest absolute Gasteiger partial charge is 0.255 e. The van der Waals surface area contributed by atoms with Crippen LogP contribution in [0.5, 0.6) is 0 Å². The molecule has 6 heteroatoms. The number of carbonyl (C=O) groups is 2. The van der Waals surface area contributed by atoms with Crippen molar-refractivity contribution >= 4 is 29.9 Å². The molecule has 1 aliphatic rings. The minimum Gasteiger partial charge on any atom is -0.336 e. The van der Waals surface area contributed by atoms with E-state index >= 15 is 0 Å². The molecule has 0 bridgehead atoms. The van der Waals surface area contributed by atoms with E-state index in [1.807, 2.05) is 42.2 Å². The molecule has 0 aromatic heterocycles. The van der Waals surface area contributed by atoms with Gasteiger partial charge in [0.05, 0.1) is 0 Å². The molecule has 2 aromatic rings. The number of nitrogens with one attached hydrogen (secondary N) is 2. The molecule has 1 heterocycles. The molecule has 132 valence electrons. The topological polar surface area (TPSA) is 61.4 Å². The Hall–Kier alpha value is -2.37. The molecule has 0 aliphatic carbocycles. The highest BCUT2D eigenvalue weighted by Crippen LogP contribution is 2.19. The SMILES string of the molecule is Cc1ccc(C(=O)N2CCNCC2)cc1NC(=O)c1ccccc1.Cl. The molecule has 2 aromatic carbocycles. The summed E-state index contributed by atoms with van der Waals surface area (Å²) in [5, 5.41) is 6.14. The Morgan fingerprint density at radius 1 is 1.00 bits per heavy atom. The molecule has 0 atom stereocenters. The van der Waals surface area contributed by atoms with Crippen LogP contribution in [0, 0.1) is 6.92 Å². The summed E-state index contributed by atoms with van der Waals surface area (Å²) in [5.41, 5.74) is 2.79. The molecule has 1 fully saturated rings. The fraction of sp³-hybridized carbons (Fsp3) is 0.263. The zero-order chi connectivity index (χ0) is 16.9. The van der Waals surface area contributed by atoms with E-state index in [2.05, 4.69) is 10.6 Å². The molecule has 0 spiro atoms. The number of carbonyl (C=O) groups excluding carboxylic acids is 2. The van der Waals surface area contributed by atoms with E-state index in [0.29, 0.717) is 29.9 Å². The van der Waals surface area contributed by atoms with Crippen molar-refractivity contribution in [2.24, 2.45) is 0 Å². The van der Waals surface area contributed by atoms with E-state index in [1.54, 1.807) is 18.2 Å². The number of anilines is 1. The van der Waals surface area contributed by atoms with Gasteiger partial charge in [0.25, 0.3) is 11.8 Å². The first-order valence-corrected chi connectivity index (χ1v) is 8.12. The van der Waals surface area contributed by atoms with Crippen LogP contribution in [0.2, 0.25) is 0 Å². The van der Waals surface area contributed by atoms with Crippen LogP contribution in [0.25, 0.3) is 0 Å². The molecule has 5 nitrogen and oxygen atoms in total. The number of hydrogen-bond acceptors (Lipinski definition) is 3. The fourth-order valence-electron chi connectivity index (χ4n) is 2.72. The van der Waals surface area contributed by atoms with Crippen LogP contribution in [-0.2, 0) is 0 Å². The summed E-state index contributed by atoms with van der Waals surface area (Å²) in [7, 11) is 0. The Morgan fingerprint density at radius 3 is 2.36 bits per heavy atom. The van der Waals surface area contributed by atoms with Gasteiger partial charge in [0.15, 0.2) is 0 Å². The second-order valence-electron chi connectivity index (χ2n) is 5.89. The van der Waals surface area contributed by atoms with Gasteiger partial charge in [-0.15, -0.1) is 12.4 Å². The van der Waals surface area contributed by atoms with E-state index in [0.717, 1.165) is 18.7 Å². The third kappa shape index (κ3) is 4.59. The number of rotatable bonds is 3. The molecule has 1 aliphatic heterocycles. The molecule has 0 unspecified atom stereocenters. The van der Waals surface area contributed by atoms with Gasteiger partial charge in [0.2, 0.25) is 0 Å². The predicted octanol–water partition coefficient (Wildman–Crippen LogP) is 2.71. The van der Waals surface area contributed by atoms with E-state index in [4.69, 9.17) is 0 Å². The van der Waals surface area contributed by atoms with Gasteiger partial charge in [0, 0.05) is 43.0 Å². The van der Waals surface area contributed by atoms with Crippen molar-refractivity contribution in [1.82, 2.24) is 10.2 Å². The van der Waals surface area contributed by atoms with Crippen LogP contribution < -0.4 is 10.6 Å². The van der Waals surface area contributed by atoms with E-state index < -0.39 is 0 Å². The zero-order valence-corrected chi connectivity index (χ0v) is 14.9. The lowest BCUT2D eigenvalue weighted by atomic mass is 10.1. The highest BCUT2D eigenvalue weighted by molar-refractivity contribution is 6.05. The zero-order valence-electron chi connectivity index (χ0n) is 14.1. The van der Waals surface area contributed by atoms with Crippen LogP contribution in [0.4, 0.5) is 5.69 Å². The lowest BCUT2D eigenvalue weighted by Crippen LogP contribution is -2.46. The van der Waals surface area contributed by atoms with Gasteiger partial charge in [-0.1, -0.05) is 24.3 Å². The Labute approximate surface area is 153 Å². The quantitative estimate of drug-likeness (QED) is 0.885. The number of benzene rings is 2. The summed E-state index contributed by atoms with van der Waals surface area (Å²) in [6.45, 7) is 4.96. The van der Waals surface area contributed by atoms with Crippen molar-refractivity contribution in [1.29, 1.82) is 0 Å². The average molecular weight is 360 g/mol. The minimum absolute atomic E-state index is 0. The summed E-state index contributed by atoms with van der Waals surface area (Å²) >= 11 is 0. The molecule has 3 rings (SSSR count). The molecule has 1 saturated heterocycles. The Balaban J connectivity index is 0.00000225. The maximum atomic E-state index is 12.6. The number of aryl methyl sites for hydroxylation is 1. The largest absolute Gasteiger partial charge is 0.336 e.